The number of carbonyl (C=O) groups excluding carboxylic acids is 1. The molecule has 2 N–H and O–H groups in total. The lowest BCUT2D eigenvalue weighted by atomic mass is 10.0. The van der Waals surface area contributed by atoms with Crippen LogP contribution in [0.4, 0.5) is 0 Å². The summed E-state index contributed by atoms with van der Waals surface area (Å²) in [6, 6.07) is -0.904. The van der Waals surface area contributed by atoms with Crippen LogP contribution in [0.2, 0.25) is 0 Å². The maximum atomic E-state index is 13.0. The Morgan fingerprint density at radius 3 is 1.30 bits per heavy atom. The molecule has 0 aliphatic heterocycles. The van der Waals surface area contributed by atoms with Gasteiger partial charge in [-0.25, -0.2) is 0 Å². The van der Waals surface area contributed by atoms with Crippen molar-refractivity contribution in [1.82, 2.24) is 5.32 Å². The van der Waals surface area contributed by atoms with Gasteiger partial charge in [-0.1, -0.05) is 242 Å². The van der Waals surface area contributed by atoms with Crippen molar-refractivity contribution >= 4 is 13.7 Å². The molecule has 0 aromatic rings. The molecule has 0 aromatic carbocycles. The van der Waals surface area contributed by atoms with Gasteiger partial charge in [-0.05, 0) is 64.2 Å². The number of aliphatic hydroxyl groups excluding tert-OH is 1. The number of rotatable bonds is 52. The highest BCUT2D eigenvalue weighted by molar-refractivity contribution is 7.45. The number of unbranched alkanes of at least 4 members (excludes halogenated alkanes) is 33. The van der Waals surface area contributed by atoms with Gasteiger partial charge in [0, 0.05) is 6.42 Å². The van der Waals surface area contributed by atoms with E-state index in [4.69, 9.17) is 9.05 Å². The standard InChI is InChI=1S/C58H111N2O6P/c1-6-8-10-12-14-16-18-20-22-24-26-27-28-29-30-31-32-33-34-36-38-40-42-44-46-48-50-52-58(62)59-56(55-66-67(63,64)65-54-53-60(3,4)5)57(61)51-49-47-45-43-41-39-37-35-25-23-21-19-17-15-13-11-9-7-2/h18,20,24,26,41,43,49,51,56-57,61H,6-17,19,21-23,25,27-40,42,44-48,50,52-55H2,1-5H3,(H-,59,62,63,64)/b20-18-,26-24-,43-41+,51-49+. The molecule has 0 radical (unpaired) electrons. The number of amides is 1. The average Bonchev–Trinajstić information content (AvgIpc) is 3.29. The fourth-order valence-corrected chi connectivity index (χ4v) is 8.98. The molecule has 0 rings (SSSR count). The zero-order valence-electron chi connectivity index (χ0n) is 44.9. The lowest BCUT2D eigenvalue weighted by Crippen LogP contribution is -2.45. The highest BCUT2D eigenvalue weighted by atomic mass is 31.2. The molecule has 8 nitrogen and oxygen atoms in total. The van der Waals surface area contributed by atoms with Crippen LogP contribution in [0.3, 0.4) is 0 Å². The number of phosphoric acid groups is 1. The molecule has 0 aromatic heterocycles. The Balaban J connectivity index is 4.21. The van der Waals surface area contributed by atoms with E-state index in [1.54, 1.807) is 6.08 Å². The third kappa shape index (κ3) is 52.1. The number of phosphoric ester groups is 1. The molecule has 0 aliphatic rings. The van der Waals surface area contributed by atoms with Crippen LogP contribution in [0, 0.1) is 0 Å². The molecular formula is C58H111N2O6P. The maximum Gasteiger partial charge on any atom is 0.268 e. The van der Waals surface area contributed by atoms with E-state index in [0.29, 0.717) is 17.4 Å². The number of nitrogens with one attached hydrogen (secondary N) is 1. The van der Waals surface area contributed by atoms with Crippen molar-refractivity contribution in [1.29, 1.82) is 0 Å². The first-order valence-electron chi connectivity index (χ1n) is 28.5. The summed E-state index contributed by atoms with van der Waals surface area (Å²) in [5.74, 6) is -0.205. The van der Waals surface area contributed by atoms with Gasteiger partial charge in [0.05, 0.1) is 39.9 Å². The second-order valence-corrected chi connectivity index (χ2v) is 22.0. The van der Waals surface area contributed by atoms with Crippen molar-refractivity contribution in [3.63, 3.8) is 0 Å². The van der Waals surface area contributed by atoms with Crippen LogP contribution in [-0.2, 0) is 18.4 Å². The van der Waals surface area contributed by atoms with Crippen LogP contribution >= 0.6 is 7.82 Å². The van der Waals surface area contributed by atoms with Gasteiger partial charge in [0.15, 0.2) is 0 Å². The average molecular weight is 964 g/mol. The Morgan fingerprint density at radius 1 is 0.522 bits per heavy atom. The molecule has 394 valence electrons. The van der Waals surface area contributed by atoms with E-state index >= 15 is 0 Å². The molecular weight excluding hydrogens is 852 g/mol. The Labute approximate surface area is 416 Å². The first kappa shape index (κ1) is 65.5. The minimum Gasteiger partial charge on any atom is -0.756 e. The van der Waals surface area contributed by atoms with E-state index in [1.807, 2.05) is 27.2 Å². The summed E-state index contributed by atoms with van der Waals surface area (Å²) in [5.41, 5.74) is 0. The van der Waals surface area contributed by atoms with Crippen LogP contribution in [-0.4, -0.2) is 68.5 Å². The lowest BCUT2D eigenvalue weighted by molar-refractivity contribution is -0.870. The Hall–Kier alpha value is -1.54. The van der Waals surface area contributed by atoms with Crippen molar-refractivity contribution in [2.45, 2.75) is 276 Å². The van der Waals surface area contributed by atoms with Crippen LogP contribution in [0.5, 0.6) is 0 Å². The predicted octanol–water partition coefficient (Wildman–Crippen LogP) is 16.5. The summed E-state index contributed by atoms with van der Waals surface area (Å²) in [7, 11) is 1.25. The summed E-state index contributed by atoms with van der Waals surface area (Å²) >= 11 is 0. The minimum atomic E-state index is -4.60. The molecule has 9 heteroatoms. The second kappa shape index (κ2) is 49.4. The quantitative estimate of drug-likeness (QED) is 0.0272. The Morgan fingerprint density at radius 2 is 0.881 bits per heavy atom. The van der Waals surface area contributed by atoms with Crippen molar-refractivity contribution in [3.8, 4) is 0 Å². The van der Waals surface area contributed by atoms with Gasteiger partial charge in [-0.3, -0.25) is 9.36 Å². The normalized spacial score (nSPS) is 14.3. The summed E-state index contributed by atoms with van der Waals surface area (Å²) < 4.78 is 23.3. The van der Waals surface area contributed by atoms with Crippen molar-refractivity contribution < 1.29 is 32.9 Å². The number of hydrogen-bond acceptors (Lipinski definition) is 6. The zero-order valence-corrected chi connectivity index (χ0v) is 45.7. The molecule has 0 bridgehead atoms. The molecule has 3 atom stereocenters. The number of aliphatic hydroxyl groups is 1. The monoisotopic (exact) mass is 963 g/mol. The van der Waals surface area contributed by atoms with Crippen LogP contribution in [0.25, 0.3) is 0 Å². The maximum absolute atomic E-state index is 13.0. The number of likely N-dealkylation sites (N-methyl/N-ethyl adjacent to an activating group) is 1. The number of carbonyl (C=O) groups is 1. The molecule has 0 heterocycles. The minimum absolute atomic E-state index is 0.00633. The molecule has 3 unspecified atom stereocenters. The first-order chi connectivity index (χ1) is 32.5. The van der Waals surface area contributed by atoms with Gasteiger partial charge in [0.25, 0.3) is 7.82 Å². The number of allylic oxidation sites excluding steroid dienone is 7. The molecule has 0 saturated carbocycles. The third-order valence-corrected chi connectivity index (χ3v) is 13.7. The summed E-state index contributed by atoms with van der Waals surface area (Å²) in [5, 5.41) is 13.9. The molecule has 0 saturated heterocycles. The molecule has 0 fully saturated rings. The van der Waals surface area contributed by atoms with E-state index in [1.165, 1.54) is 199 Å². The first-order valence-corrected chi connectivity index (χ1v) is 30.0. The fourth-order valence-electron chi connectivity index (χ4n) is 8.26. The van der Waals surface area contributed by atoms with E-state index in [9.17, 15) is 19.4 Å². The third-order valence-electron chi connectivity index (χ3n) is 12.8. The van der Waals surface area contributed by atoms with E-state index in [0.717, 1.165) is 44.9 Å². The van der Waals surface area contributed by atoms with Crippen LogP contribution in [0.15, 0.2) is 48.6 Å². The fraction of sp³-hybridized carbons (Fsp3) is 0.845. The zero-order chi connectivity index (χ0) is 49.2. The molecule has 0 aliphatic carbocycles. The van der Waals surface area contributed by atoms with Gasteiger partial charge >= 0.3 is 0 Å². The van der Waals surface area contributed by atoms with Gasteiger partial charge < -0.3 is 28.8 Å². The van der Waals surface area contributed by atoms with Crippen molar-refractivity contribution in [2.75, 3.05) is 40.9 Å². The van der Waals surface area contributed by atoms with Crippen molar-refractivity contribution in [3.05, 3.63) is 48.6 Å². The molecule has 1 amide bonds. The van der Waals surface area contributed by atoms with Gasteiger partial charge in [0.2, 0.25) is 5.91 Å². The highest BCUT2D eigenvalue weighted by Crippen LogP contribution is 2.38. The van der Waals surface area contributed by atoms with E-state index in [-0.39, 0.29) is 12.5 Å². The van der Waals surface area contributed by atoms with Gasteiger partial charge in [-0.2, -0.15) is 0 Å². The lowest BCUT2D eigenvalue weighted by Gasteiger charge is -2.29. The number of quaternary nitrogens is 1. The summed E-state index contributed by atoms with van der Waals surface area (Å²) in [4.78, 5) is 25.5. The highest BCUT2D eigenvalue weighted by Gasteiger charge is 2.23. The smallest absolute Gasteiger partial charge is 0.268 e. The largest absolute Gasteiger partial charge is 0.756 e. The Kier molecular flexibility index (Phi) is 48.3. The van der Waals surface area contributed by atoms with E-state index in [2.05, 4.69) is 55.6 Å². The summed E-state index contributed by atoms with van der Waals surface area (Å²) in [6.45, 7) is 4.64. The second-order valence-electron chi connectivity index (χ2n) is 20.6. The Bertz CT molecular complexity index is 1230. The van der Waals surface area contributed by atoms with E-state index < -0.39 is 26.6 Å². The summed E-state index contributed by atoms with van der Waals surface area (Å²) in [6.07, 6.45) is 64.7. The van der Waals surface area contributed by atoms with Gasteiger partial charge in [-0.15, -0.1) is 0 Å². The predicted molar refractivity (Wildman–Crippen MR) is 288 cm³/mol. The van der Waals surface area contributed by atoms with Crippen LogP contribution in [0.1, 0.15) is 264 Å². The van der Waals surface area contributed by atoms with Crippen molar-refractivity contribution in [2.24, 2.45) is 0 Å². The topological polar surface area (TPSA) is 108 Å². The molecule has 67 heavy (non-hydrogen) atoms. The van der Waals surface area contributed by atoms with Gasteiger partial charge in [0.1, 0.15) is 13.2 Å². The molecule has 0 spiro atoms. The number of hydrogen-bond donors (Lipinski definition) is 2. The SMILES string of the molecule is CCCCCCC/C=C\C/C=C\CCCCCCCCCCCCCCCCCC(=O)NC(COP(=O)([O-])OCC[N+](C)(C)C)C(O)/C=C/CC/C=C/CCCCCCCCCCCCCC. The number of nitrogens with zero attached hydrogens (tertiary/aromatic N) is 1. The van der Waals surface area contributed by atoms with Crippen LogP contribution < -0.4 is 10.2 Å².